The Bertz CT molecular complexity index is 623. The summed E-state index contributed by atoms with van der Waals surface area (Å²) < 4.78 is 7.60. The van der Waals surface area contributed by atoms with Crippen LogP contribution in [0.2, 0.25) is 0 Å². The lowest BCUT2D eigenvalue weighted by molar-refractivity contribution is 0.257. The lowest BCUT2D eigenvalue weighted by Gasteiger charge is -2.27. The van der Waals surface area contributed by atoms with E-state index in [-0.39, 0.29) is 0 Å². The van der Waals surface area contributed by atoms with Crippen LogP contribution in [0.5, 0.6) is 5.75 Å². The zero-order valence-electron chi connectivity index (χ0n) is 12.8. The maximum absolute atomic E-state index is 6.11. The van der Waals surface area contributed by atoms with Gasteiger partial charge in [0, 0.05) is 12.6 Å². The number of alkyl halides is 1. The second kappa shape index (κ2) is 6.27. The highest BCUT2D eigenvalue weighted by molar-refractivity contribution is 6.16. The van der Waals surface area contributed by atoms with Crippen LogP contribution < -0.4 is 4.74 Å². The molecule has 0 saturated heterocycles. The molecule has 0 N–H and O–H groups in total. The van der Waals surface area contributed by atoms with E-state index in [0.29, 0.717) is 5.88 Å². The molecule has 1 saturated carbocycles. The average molecular weight is 307 g/mol. The highest BCUT2D eigenvalue weighted by Gasteiger charge is 2.21. The molecule has 21 heavy (non-hydrogen) atoms. The van der Waals surface area contributed by atoms with E-state index in [4.69, 9.17) is 16.3 Å². The lowest BCUT2D eigenvalue weighted by atomic mass is 9.82. The molecule has 1 aliphatic carbocycles. The molecule has 0 radical (unpaired) electrons. The van der Waals surface area contributed by atoms with Crippen LogP contribution in [-0.2, 0) is 12.4 Å². The van der Waals surface area contributed by atoms with E-state index in [1.165, 1.54) is 31.2 Å². The molecule has 1 aromatic carbocycles. The SMILES string of the molecule is COc1ccc2c(c1)nc(CCl)n2CC1CCCC(C)C1. The number of ether oxygens (including phenoxy) is 1. The number of halogens is 1. The summed E-state index contributed by atoms with van der Waals surface area (Å²) in [5.41, 5.74) is 2.15. The van der Waals surface area contributed by atoms with E-state index in [1.54, 1.807) is 7.11 Å². The van der Waals surface area contributed by atoms with Gasteiger partial charge >= 0.3 is 0 Å². The zero-order chi connectivity index (χ0) is 14.8. The van der Waals surface area contributed by atoms with Crippen LogP contribution in [0.3, 0.4) is 0 Å². The summed E-state index contributed by atoms with van der Waals surface area (Å²) >= 11 is 6.11. The van der Waals surface area contributed by atoms with Gasteiger partial charge in [0.2, 0.25) is 0 Å². The molecule has 0 spiro atoms. The molecule has 2 atom stereocenters. The molecule has 1 heterocycles. The summed E-state index contributed by atoms with van der Waals surface area (Å²) in [6.45, 7) is 3.40. The van der Waals surface area contributed by atoms with Gasteiger partial charge in [0.15, 0.2) is 0 Å². The monoisotopic (exact) mass is 306 g/mol. The Morgan fingerprint density at radius 3 is 2.95 bits per heavy atom. The predicted molar refractivity (Wildman–Crippen MR) is 87.0 cm³/mol. The van der Waals surface area contributed by atoms with Crippen molar-refractivity contribution in [1.29, 1.82) is 0 Å². The summed E-state index contributed by atoms with van der Waals surface area (Å²) in [5.74, 6) is 3.87. The van der Waals surface area contributed by atoms with Crippen molar-refractivity contribution in [3.05, 3.63) is 24.0 Å². The van der Waals surface area contributed by atoms with Gasteiger partial charge in [0.1, 0.15) is 11.6 Å². The van der Waals surface area contributed by atoms with Crippen molar-refractivity contribution in [3.63, 3.8) is 0 Å². The Morgan fingerprint density at radius 1 is 1.38 bits per heavy atom. The number of aromatic nitrogens is 2. The molecule has 1 aromatic heterocycles. The van der Waals surface area contributed by atoms with Gasteiger partial charge in [-0.15, -0.1) is 11.6 Å². The van der Waals surface area contributed by atoms with Crippen molar-refractivity contribution in [3.8, 4) is 5.75 Å². The molecule has 4 heteroatoms. The molecule has 0 aliphatic heterocycles. The van der Waals surface area contributed by atoms with Gasteiger partial charge in [0.05, 0.1) is 24.0 Å². The van der Waals surface area contributed by atoms with E-state index in [0.717, 1.165) is 35.5 Å². The molecule has 1 aliphatic rings. The first-order chi connectivity index (χ1) is 10.2. The lowest BCUT2D eigenvalue weighted by Crippen LogP contribution is -2.19. The third kappa shape index (κ3) is 3.03. The summed E-state index contributed by atoms with van der Waals surface area (Å²) in [6.07, 6.45) is 5.36. The van der Waals surface area contributed by atoms with Crippen molar-refractivity contribution in [2.75, 3.05) is 7.11 Å². The molecule has 3 nitrogen and oxygen atoms in total. The first kappa shape index (κ1) is 14.7. The van der Waals surface area contributed by atoms with E-state index in [1.807, 2.05) is 12.1 Å². The minimum atomic E-state index is 0.458. The Hall–Kier alpha value is -1.22. The first-order valence-electron chi connectivity index (χ1n) is 7.80. The number of hydrogen-bond donors (Lipinski definition) is 0. The maximum atomic E-state index is 6.11. The summed E-state index contributed by atoms with van der Waals surface area (Å²) in [7, 11) is 1.68. The van der Waals surface area contributed by atoms with Crippen molar-refractivity contribution < 1.29 is 4.74 Å². The minimum absolute atomic E-state index is 0.458. The quantitative estimate of drug-likeness (QED) is 0.771. The topological polar surface area (TPSA) is 27.1 Å². The van der Waals surface area contributed by atoms with E-state index in [2.05, 4.69) is 22.5 Å². The van der Waals surface area contributed by atoms with Crippen LogP contribution in [0.4, 0.5) is 0 Å². The maximum Gasteiger partial charge on any atom is 0.124 e. The molecular weight excluding hydrogens is 284 g/mol. The normalized spacial score (nSPS) is 22.6. The van der Waals surface area contributed by atoms with Crippen LogP contribution in [0.1, 0.15) is 38.4 Å². The van der Waals surface area contributed by atoms with Crippen molar-refractivity contribution >= 4 is 22.6 Å². The summed E-state index contributed by atoms with van der Waals surface area (Å²) in [4.78, 5) is 4.68. The van der Waals surface area contributed by atoms with Crippen molar-refractivity contribution in [1.82, 2.24) is 9.55 Å². The second-order valence-electron chi connectivity index (χ2n) is 6.26. The number of nitrogens with zero attached hydrogens (tertiary/aromatic N) is 2. The number of hydrogen-bond acceptors (Lipinski definition) is 2. The van der Waals surface area contributed by atoms with Crippen molar-refractivity contribution in [2.24, 2.45) is 11.8 Å². The Labute approximate surface area is 131 Å². The van der Waals surface area contributed by atoms with Gasteiger partial charge in [-0.3, -0.25) is 0 Å². The van der Waals surface area contributed by atoms with Crippen molar-refractivity contribution in [2.45, 2.75) is 45.0 Å². The molecule has 114 valence electrons. The highest BCUT2D eigenvalue weighted by atomic mass is 35.5. The molecular formula is C17H23ClN2O. The molecule has 1 fully saturated rings. The Kier molecular flexibility index (Phi) is 4.39. The fourth-order valence-corrected chi connectivity index (χ4v) is 3.78. The first-order valence-corrected chi connectivity index (χ1v) is 8.33. The fraction of sp³-hybridized carbons (Fsp3) is 0.588. The zero-order valence-corrected chi connectivity index (χ0v) is 13.6. The molecule has 2 aromatic rings. The second-order valence-corrected chi connectivity index (χ2v) is 6.53. The Balaban J connectivity index is 1.92. The number of benzene rings is 1. The van der Waals surface area contributed by atoms with E-state index >= 15 is 0 Å². The van der Waals surface area contributed by atoms with Gasteiger partial charge in [0.25, 0.3) is 0 Å². The van der Waals surface area contributed by atoms with Crippen LogP contribution in [0.25, 0.3) is 11.0 Å². The van der Waals surface area contributed by atoms with Crippen LogP contribution in [-0.4, -0.2) is 16.7 Å². The molecule has 0 bridgehead atoms. The van der Waals surface area contributed by atoms with Gasteiger partial charge in [-0.2, -0.15) is 0 Å². The van der Waals surface area contributed by atoms with Gasteiger partial charge in [-0.25, -0.2) is 4.98 Å². The number of methoxy groups -OCH3 is 1. The van der Waals surface area contributed by atoms with Gasteiger partial charge in [-0.1, -0.05) is 19.8 Å². The van der Waals surface area contributed by atoms with Crippen LogP contribution in [0.15, 0.2) is 18.2 Å². The van der Waals surface area contributed by atoms with Gasteiger partial charge in [-0.05, 0) is 36.8 Å². The highest BCUT2D eigenvalue weighted by Crippen LogP contribution is 2.31. The smallest absolute Gasteiger partial charge is 0.124 e. The fourth-order valence-electron chi connectivity index (χ4n) is 3.58. The third-order valence-corrected chi connectivity index (χ3v) is 4.88. The van der Waals surface area contributed by atoms with Gasteiger partial charge < -0.3 is 9.30 Å². The molecule has 3 rings (SSSR count). The number of rotatable bonds is 4. The van der Waals surface area contributed by atoms with Crippen LogP contribution >= 0.6 is 11.6 Å². The third-order valence-electron chi connectivity index (χ3n) is 4.64. The molecule has 0 amide bonds. The van der Waals surface area contributed by atoms with E-state index in [9.17, 15) is 0 Å². The van der Waals surface area contributed by atoms with E-state index < -0.39 is 0 Å². The average Bonchev–Trinajstić information content (AvgIpc) is 2.84. The number of fused-ring (bicyclic) bond motifs is 1. The van der Waals surface area contributed by atoms with Crippen LogP contribution in [0, 0.1) is 11.8 Å². The summed E-state index contributed by atoms with van der Waals surface area (Å²) in [5, 5.41) is 0. The number of imidazole rings is 1. The predicted octanol–water partition coefficient (Wildman–Crippen LogP) is 4.61. The Morgan fingerprint density at radius 2 is 2.24 bits per heavy atom. The minimum Gasteiger partial charge on any atom is -0.497 e. The summed E-state index contributed by atoms with van der Waals surface area (Å²) in [6, 6.07) is 6.09. The molecule has 2 unspecified atom stereocenters. The standard InChI is InChI=1S/C17H23ClN2O/c1-12-4-3-5-13(8-12)11-20-16-7-6-14(21-2)9-15(16)19-17(20)10-18/h6-7,9,12-13H,3-5,8,10-11H2,1-2H3. The largest absolute Gasteiger partial charge is 0.497 e.